The lowest BCUT2D eigenvalue weighted by Crippen LogP contribution is -2.31. The first-order valence-corrected chi connectivity index (χ1v) is 12.8. The van der Waals surface area contributed by atoms with E-state index in [-0.39, 0.29) is 12.3 Å². The molecule has 0 radical (unpaired) electrons. The lowest BCUT2D eigenvalue weighted by atomic mass is 9.98. The molecule has 2 heterocycles. The maximum atomic E-state index is 13.3. The molecule has 0 aliphatic heterocycles. The number of unbranched alkanes of at least 4 members (excludes halogenated alkanes) is 2. The topological polar surface area (TPSA) is 111 Å². The molecular formula is C29H29N7O2. The number of H-pyrrole nitrogens is 1. The summed E-state index contributed by atoms with van der Waals surface area (Å²) in [4.78, 5) is 26.3. The van der Waals surface area contributed by atoms with Crippen LogP contribution in [0.2, 0.25) is 0 Å². The highest BCUT2D eigenvalue weighted by atomic mass is 16.2. The number of nitrogens with one attached hydrogen (secondary N) is 1. The van der Waals surface area contributed by atoms with Gasteiger partial charge < -0.3 is 0 Å². The van der Waals surface area contributed by atoms with Crippen LogP contribution >= 0.6 is 0 Å². The van der Waals surface area contributed by atoms with Crippen LogP contribution < -0.4 is 5.69 Å². The Bertz CT molecular complexity index is 1550. The molecule has 0 unspecified atom stereocenters. The van der Waals surface area contributed by atoms with Gasteiger partial charge >= 0.3 is 5.69 Å². The fourth-order valence-corrected chi connectivity index (χ4v) is 4.50. The number of hydrogen-bond donors (Lipinski definition) is 1. The van der Waals surface area contributed by atoms with Crippen LogP contribution in [0.25, 0.3) is 22.5 Å². The fourth-order valence-electron chi connectivity index (χ4n) is 4.50. The molecule has 9 heteroatoms. The van der Waals surface area contributed by atoms with Crippen LogP contribution in [-0.4, -0.2) is 40.9 Å². The third kappa shape index (κ3) is 5.51. The molecule has 192 valence electrons. The Kier molecular flexibility index (Phi) is 7.63. The highest BCUT2D eigenvalue weighted by Gasteiger charge is 2.19. The molecule has 0 fully saturated rings. The Balaban J connectivity index is 1.41. The molecule has 0 spiro atoms. The van der Waals surface area contributed by atoms with Gasteiger partial charge in [0.05, 0.1) is 13.0 Å². The molecule has 9 nitrogen and oxygen atoms in total. The summed E-state index contributed by atoms with van der Waals surface area (Å²) in [6, 6.07) is 25.3. The fraction of sp³-hybridized carbons (Fsp3) is 0.241. The van der Waals surface area contributed by atoms with Gasteiger partial charge in [0.25, 0.3) is 5.91 Å². The Morgan fingerprint density at radius 2 is 1.61 bits per heavy atom. The number of hydrogen-bond acceptors (Lipinski definition) is 6. The monoisotopic (exact) mass is 507 g/mol. The second kappa shape index (κ2) is 11.6. The molecule has 0 saturated heterocycles. The summed E-state index contributed by atoms with van der Waals surface area (Å²) in [7, 11) is 0. The molecule has 0 aliphatic carbocycles. The zero-order chi connectivity index (χ0) is 26.3. The number of benzene rings is 3. The van der Waals surface area contributed by atoms with Crippen LogP contribution in [0, 0.1) is 0 Å². The maximum absolute atomic E-state index is 13.3. The number of aromatic nitrogens is 7. The summed E-state index contributed by atoms with van der Waals surface area (Å²) in [6.07, 6.45) is 3.77. The van der Waals surface area contributed by atoms with E-state index in [4.69, 9.17) is 0 Å². The third-order valence-electron chi connectivity index (χ3n) is 6.50. The molecule has 0 bridgehead atoms. The van der Waals surface area contributed by atoms with Crippen LogP contribution in [0.5, 0.6) is 0 Å². The standard InChI is InChI=1S/C29H29N7O2/c1-2-3-5-14-26-32-36(27(37)19-21-10-6-4-7-11-21)29(38)35(26)20-22-15-17-23(18-16-22)24-12-8-9-13-25(24)28-30-33-34-31-28/h4,6-13,15-18H,2-3,5,14,19-20H2,1H3,(H,30,31,33,34). The Morgan fingerprint density at radius 3 is 2.32 bits per heavy atom. The van der Waals surface area contributed by atoms with Gasteiger partial charge in [-0.1, -0.05) is 98.6 Å². The molecule has 0 amide bonds. The largest absolute Gasteiger partial charge is 0.353 e. The molecule has 5 rings (SSSR count). The minimum absolute atomic E-state index is 0.126. The predicted octanol–water partition coefficient (Wildman–Crippen LogP) is 4.56. The lowest BCUT2D eigenvalue weighted by Gasteiger charge is -2.09. The van der Waals surface area contributed by atoms with Crippen molar-refractivity contribution in [3.05, 3.63) is 106 Å². The first-order chi connectivity index (χ1) is 18.6. The molecule has 0 atom stereocenters. The van der Waals surface area contributed by atoms with E-state index < -0.39 is 5.69 Å². The smallest absolute Gasteiger partial charge is 0.274 e. The average molecular weight is 508 g/mol. The highest BCUT2D eigenvalue weighted by molar-refractivity contribution is 5.81. The van der Waals surface area contributed by atoms with Gasteiger partial charge in [0, 0.05) is 12.0 Å². The quantitative estimate of drug-likeness (QED) is 0.278. The number of tetrazole rings is 1. The Labute approximate surface area is 220 Å². The van der Waals surface area contributed by atoms with Crippen molar-refractivity contribution in [3.8, 4) is 22.5 Å². The summed E-state index contributed by atoms with van der Waals surface area (Å²) in [5, 5.41) is 18.9. The second-order valence-corrected chi connectivity index (χ2v) is 9.19. The van der Waals surface area contributed by atoms with Gasteiger partial charge in [-0.3, -0.25) is 9.36 Å². The van der Waals surface area contributed by atoms with Crippen molar-refractivity contribution < 1.29 is 4.79 Å². The summed E-state index contributed by atoms with van der Waals surface area (Å²) in [5.74, 6) is 0.835. The zero-order valence-electron chi connectivity index (χ0n) is 21.2. The van der Waals surface area contributed by atoms with Gasteiger partial charge in [-0.15, -0.1) is 20.0 Å². The zero-order valence-corrected chi connectivity index (χ0v) is 21.2. The van der Waals surface area contributed by atoms with Crippen molar-refractivity contribution in [1.82, 2.24) is 35.0 Å². The van der Waals surface area contributed by atoms with E-state index in [0.717, 1.165) is 51.8 Å². The number of aromatic amines is 1. The Morgan fingerprint density at radius 1 is 0.868 bits per heavy atom. The normalized spacial score (nSPS) is 11.1. The van der Waals surface area contributed by atoms with E-state index >= 15 is 0 Å². The van der Waals surface area contributed by atoms with Crippen molar-refractivity contribution in [3.63, 3.8) is 0 Å². The number of rotatable bonds is 10. The number of carbonyl (C=O) groups excluding carboxylic acids is 1. The number of aryl methyl sites for hydroxylation is 1. The number of nitrogens with zero attached hydrogens (tertiary/aromatic N) is 6. The molecule has 2 aromatic heterocycles. The van der Waals surface area contributed by atoms with Crippen molar-refractivity contribution in [2.45, 2.75) is 45.6 Å². The van der Waals surface area contributed by atoms with Gasteiger partial charge in [-0.05, 0) is 33.9 Å². The minimum atomic E-state index is -0.399. The van der Waals surface area contributed by atoms with Gasteiger partial charge in [0.2, 0.25) is 5.82 Å². The molecule has 5 aromatic rings. The van der Waals surface area contributed by atoms with Crippen molar-refractivity contribution in [1.29, 1.82) is 0 Å². The van der Waals surface area contributed by atoms with Crippen LogP contribution in [0.4, 0.5) is 0 Å². The van der Waals surface area contributed by atoms with Gasteiger partial charge in [0.15, 0.2) is 0 Å². The van der Waals surface area contributed by atoms with E-state index in [1.54, 1.807) is 4.57 Å². The minimum Gasteiger partial charge on any atom is -0.274 e. The van der Waals surface area contributed by atoms with E-state index in [2.05, 4.69) is 32.6 Å². The van der Waals surface area contributed by atoms with Gasteiger partial charge in [-0.2, -0.15) is 5.21 Å². The molecular weight excluding hydrogens is 478 g/mol. The Hall–Kier alpha value is -4.66. The summed E-state index contributed by atoms with van der Waals surface area (Å²) >= 11 is 0. The molecule has 0 saturated carbocycles. The van der Waals surface area contributed by atoms with Crippen LogP contribution in [0.1, 0.15) is 47.9 Å². The molecule has 0 aliphatic rings. The van der Waals surface area contributed by atoms with Crippen molar-refractivity contribution >= 4 is 5.91 Å². The van der Waals surface area contributed by atoms with E-state index in [9.17, 15) is 9.59 Å². The van der Waals surface area contributed by atoms with Crippen LogP contribution in [0.15, 0.2) is 83.7 Å². The van der Waals surface area contributed by atoms with Crippen LogP contribution in [0.3, 0.4) is 0 Å². The first-order valence-electron chi connectivity index (χ1n) is 12.8. The molecule has 1 N–H and O–H groups in total. The SMILES string of the molecule is CCCCCc1nn(C(=O)Cc2ccccc2)c(=O)n1Cc1ccc(-c2ccccc2-c2nn[nH]n2)cc1. The van der Waals surface area contributed by atoms with Gasteiger partial charge in [0.1, 0.15) is 5.82 Å². The second-order valence-electron chi connectivity index (χ2n) is 9.19. The molecule has 3 aromatic carbocycles. The summed E-state index contributed by atoms with van der Waals surface area (Å²) in [5.41, 5.74) is 4.25. The lowest BCUT2D eigenvalue weighted by molar-refractivity contribution is 0.0892. The van der Waals surface area contributed by atoms with Gasteiger partial charge in [-0.25, -0.2) is 4.79 Å². The van der Waals surface area contributed by atoms with Crippen LogP contribution in [-0.2, 0) is 19.4 Å². The average Bonchev–Trinajstić information content (AvgIpc) is 3.59. The maximum Gasteiger partial charge on any atom is 0.353 e. The molecule has 38 heavy (non-hydrogen) atoms. The van der Waals surface area contributed by atoms with E-state index in [0.29, 0.717) is 24.6 Å². The summed E-state index contributed by atoms with van der Waals surface area (Å²) in [6.45, 7) is 2.47. The van der Waals surface area contributed by atoms with Crippen molar-refractivity contribution in [2.24, 2.45) is 0 Å². The third-order valence-corrected chi connectivity index (χ3v) is 6.50. The number of carbonyl (C=O) groups is 1. The highest BCUT2D eigenvalue weighted by Crippen LogP contribution is 2.29. The predicted molar refractivity (Wildman–Crippen MR) is 145 cm³/mol. The first kappa shape index (κ1) is 25.0. The van der Waals surface area contributed by atoms with E-state index in [1.165, 1.54) is 0 Å². The summed E-state index contributed by atoms with van der Waals surface area (Å²) < 4.78 is 2.66. The van der Waals surface area contributed by atoms with E-state index in [1.807, 2.05) is 78.9 Å². The van der Waals surface area contributed by atoms with Crippen molar-refractivity contribution in [2.75, 3.05) is 0 Å².